The largest absolute Gasteiger partial charge is 0.349 e. The van der Waals surface area contributed by atoms with Gasteiger partial charge in [-0.15, -0.1) is 12.4 Å². The second-order valence-electron chi connectivity index (χ2n) is 6.45. The first-order valence-corrected chi connectivity index (χ1v) is 8.85. The monoisotopic (exact) mass is 338 g/mol. The molecule has 3 nitrogen and oxygen atoms in total. The van der Waals surface area contributed by atoms with E-state index in [0.717, 1.165) is 32.2 Å². The van der Waals surface area contributed by atoms with Crippen molar-refractivity contribution in [2.24, 2.45) is 11.7 Å². The van der Waals surface area contributed by atoms with Crippen LogP contribution in [-0.2, 0) is 4.79 Å². The van der Waals surface area contributed by atoms with E-state index in [1.807, 2.05) is 6.07 Å². The third-order valence-corrected chi connectivity index (χ3v) is 4.70. The van der Waals surface area contributed by atoms with Crippen molar-refractivity contribution in [1.82, 2.24) is 5.32 Å². The molecule has 4 heteroatoms. The summed E-state index contributed by atoms with van der Waals surface area (Å²) in [6.07, 6.45) is 9.96. The minimum Gasteiger partial charge on any atom is -0.349 e. The molecular weight excluding hydrogens is 308 g/mol. The van der Waals surface area contributed by atoms with Crippen LogP contribution in [0.2, 0.25) is 0 Å². The number of halogens is 1. The Hall–Kier alpha value is -1.06. The number of hydrogen-bond donors (Lipinski definition) is 2. The molecule has 1 saturated carbocycles. The number of benzene rings is 1. The lowest BCUT2D eigenvalue weighted by Gasteiger charge is -2.25. The number of nitrogens with one attached hydrogen (secondary N) is 1. The van der Waals surface area contributed by atoms with Gasteiger partial charge in [-0.05, 0) is 43.7 Å². The Labute approximate surface area is 146 Å². The number of nitrogens with two attached hydrogens (primary N) is 1. The molecule has 1 atom stereocenters. The first kappa shape index (κ1) is 20.0. The highest BCUT2D eigenvalue weighted by molar-refractivity contribution is 5.85. The number of hydrogen-bond acceptors (Lipinski definition) is 2. The molecular formula is C19H31ClN2O. The van der Waals surface area contributed by atoms with Crippen LogP contribution in [0, 0.1) is 5.92 Å². The highest BCUT2D eigenvalue weighted by Crippen LogP contribution is 2.35. The molecule has 0 spiro atoms. The Kier molecular flexibility index (Phi) is 9.97. The SMILES string of the molecule is Cl.NCCCCCCC(=O)NC(c1ccccc1)C1CCCC1. The highest BCUT2D eigenvalue weighted by Gasteiger charge is 2.27. The van der Waals surface area contributed by atoms with Crippen LogP contribution >= 0.6 is 12.4 Å². The maximum absolute atomic E-state index is 12.3. The van der Waals surface area contributed by atoms with Crippen LogP contribution in [0.15, 0.2) is 30.3 Å². The topological polar surface area (TPSA) is 55.1 Å². The summed E-state index contributed by atoms with van der Waals surface area (Å²) in [5.74, 6) is 0.803. The third kappa shape index (κ3) is 6.92. The highest BCUT2D eigenvalue weighted by atomic mass is 35.5. The number of amides is 1. The Morgan fingerprint density at radius 1 is 1.09 bits per heavy atom. The Morgan fingerprint density at radius 2 is 1.74 bits per heavy atom. The number of unbranched alkanes of at least 4 members (excludes halogenated alkanes) is 3. The van der Waals surface area contributed by atoms with Crippen LogP contribution in [0.5, 0.6) is 0 Å². The molecule has 1 aromatic carbocycles. The van der Waals surface area contributed by atoms with Gasteiger partial charge in [0.25, 0.3) is 0 Å². The zero-order valence-corrected chi connectivity index (χ0v) is 14.8. The van der Waals surface area contributed by atoms with Gasteiger partial charge >= 0.3 is 0 Å². The molecule has 130 valence electrons. The van der Waals surface area contributed by atoms with Crippen molar-refractivity contribution in [2.45, 2.75) is 63.8 Å². The molecule has 0 radical (unpaired) electrons. The Balaban J connectivity index is 0.00000264. The van der Waals surface area contributed by atoms with Gasteiger partial charge in [0.15, 0.2) is 0 Å². The van der Waals surface area contributed by atoms with Gasteiger partial charge in [0.05, 0.1) is 6.04 Å². The van der Waals surface area contributed by atoms with Crippen LogP contribution < -0.4 is 11.1 Å². The summed E-state index contributed by atoms with van der Waals surface area (Å²) in [6, 6.07) is 10.6. The Bertz CT molecular complexity index is 432. The summed E-state index contributed by atoms with van der Waals surface area (Å²) in [5.41, 5.74) is 6.75. The first-order valence-electron chi connectivity index (χ1n) is 8.85. The minimum atomic E-state index is 0. The van der Waals surface area contributed by atoms with Gasteiger partial charge in [0.1, 0.15) is 0 Å². The fourth-order valence-corrected chi connectivity index (χ4v) is 3.45. The van der Waals surface area contributed by atoms with Crippen molar-refractivity contribution in [2.75, 3.05) is 6.54 Å². The van der Waals surface area contributed by atoms with Crippen molar-refractivity contribution >= 4 is 18.3 Å². The first-order chi connectivity index (χ1) is 10.8. The lowest BCUT2D eigenvalue weighted by atomic mass is 9.91. The van der Waals surface area contributed by atoms with Crippen molar-refractivity contribution < 1.29 is 4.79 Å². The average Bonchev–Trinajstić information content (AvgIpc) is 3.07. The molecule has 0 aliphatic heterocycles. The minimum absolute atomic E-state index is 0. The summed E-state index contributed by atoms with van der Waals surface area (Å²) in [7, 11) is 0. The predicted molar refractivity (Wildman–Crippen MR) is 98.7 cm³/mol. The van der Waals surface area contributed by atoms with Gasteiger partial charge in [-0.2, -0.15) is 0 Å². The lowest BCUT2D eigenvalue weighted by molar-refractivity contribution is -0.122. The average molecular weight is 339 g/mol. The van der Waals surface area contributed by atoms with Crippen LogP contribution in [0.1, 0.15) is 69.4 Å². The third-order valence-electron chi connectivity index (χ3n) is 4.70. The second kappa shape index (κ2) is 11.5. The Morgan fingerprint density at radius 3 is 2.39 bits per heavy atom. The summed E-state index contributed by atoms with van der Waals surface area (Å²) in [5, 5.41) is 3.30. The van der Waals surface area contributed by atoms with Gasteiger partial charge < -0.3 is 11.1 Å². The van der Waals surface area contributed by atoms with Crippen molar-refractivity contribution in [1.29, 1.82) is 0 Å². The van der Waals surface area contributed by atoms with E-state index in [9.17, 15) is 4.79 Å². The standard InChI is InChI=1S/C19H30N2O.ClH/c20-15-9-2-1-6-14-18(22)21-19(17-12-7-8-13-17)16-10-4-3-5-11-16;/h3-5,10-11,17,19H,1-2,6-9,12-15,20H2,(H,21,22);1H. The van der Waals surface area contributed by atoms with Crippen molar-refractivity contribution in [3.63, 3.8) is 0 Å². The fraction of sp³-hybridized carbons (Fsp3) is 0.632. The van der Waals surface area contributed by atoms with E-state index in [0.29, 0.717) is 12.3 Å². The van der Waals surface area contributed by atoms with Gasteiger partial charge in [0, 0.05) is 6.42 Å². The summed E-state index contributed by atoms with van der Waals surface area (Å²) in [6.45, 7) is 0.754. The lowest BCUT2D eigenvalue weighted by Crippen LogP contribution is -2.32. The van der Waals surface area contributed by atoms with E-state index in [1.54, 1.807) is 0 Å². The molecule has 1 unspecified atom stereocenters. The maximum Gasteiger partial charge on any atom is 0.220 e. The molecule has 1 aromatic rings. The van der Waals surface area contributed by atoms with Gasteiger partial charge in [-0.25, -0.2) is 0 Å². The van der Waals surface area contributed by atoms with Crippen molar-refractivity contribution in [3.8, 4) is 0 Å². The zero-order chi connectivity index (χ0) is 15.6. The zero-order valence-electron chi connectivity index (χ0n) is 14.0. The van der Waals surface area contributed by atoms with E-state index < -0.39 is 0 Å². The summed E-state index contributed by atoms with van der Waals surface area (Å²) >= 11 is 0. The quantitative estimate of drug-likeness (QED) is 0.657. The smallest absolute Gasteiger partial charge is 0.220 e. The second-order valence-corrected chi connectivity index (χ2v) is 6.45. The van der Waals surface area contributed by atoms with E-state index in [-0.39, 0.29) is 24.4 Å². The van der Waals surface area contributed by atoms with Crippen LogP contribution in [0.4, 0.5) is 0 Å². The van der Waals surface area contributed by atoms with Gasteiger partial charge in [-0.3, -0.25) is 4.79 Å². The number of carbonyl (C=O) groups excluding carboxylic acids is 1. The predicted octanol–water partition coefficient (Wildman–Crippen LogP) is 4.37. The molecule has 1 aliphatic rings. The van der Waals surface area contributed by atoms with Crippen LogP contribution in [0.25, 0.3) is 0 Å². The van der Waals surface area contributed by atoms with E-state index >= 15 is 0 Å². The molecule has 1 amide bonds. The molecule has 0 heterocycles. The maximum atomic E-state index is 12.3. The van der Waals surface area contributed by atoms with Crippen LogP contribution in [0.3, 0.4) is 0 Å². The fourth-order valence-electron chi connectivity index (χ4n) is 3.45. The van der Waals surface area contributed by atoms with Crippen LogP contribution in [-0.4, -0.2) is 12.5 Å². The normalized spacial score (nSPS) is 15.9. The summed E-state index contributed by atoms with van der Waals surface area (Å²) < 4.78 is 0. The van der Waals surface area contributed by atoms with Gasteiger partial charge in [0.2, 0.25) is 5.91 Å². The molecule has 1 aliphatic carbocycles. The molecule has 23 heavy (non-hydrogen) atoms. The molecule has 2 rings (SSSR count). The summed E-state index contributed by atoms with van der Waals surface area (Å²) in [4.78, 5) is 12.3. The molecule has 0 saturated heterocycles. The number of carbonyl (C=O) groups is 1. The van der Waals surface area contributed by atoms with Crippen molar-refractivity contribution in [3.05, 3.63) is 35.9 Å². The molecule has 1 fully saturated rings. The van der Waals surface area contributed by atoms with E-state index in [4.69, 9.17) is 5.73 Å². The van der Waals surface area contributed by atoms with Gasteiger partial charge in [-0.1, -0.05) is 56.0 Å². The molecule has 0 aromatic heterocycles. The molecule has 0 bridgehead atoms. The van der Waals surface area contributed by atoms with E-state index in [2.05, 4.69) is 29.6 Å². The molecule has 3 N–H and O–H groups in total. The van der Waals surface area contributed by atoms with E-state index in [1.165, 1.54) is 31.2 Å². The number of rotatable bonds is 9.